The predicted octanol–water partition coefficient (Wildman–Crippen LogP) is -0.991. The van der Waals surface area contributed by atoms with Gasteiger partial charge in [-0.05, 0) is 25.1 Å². The van der Waals surface area contributed by atoms with E-state index in [2.05, 4.69) is 20.1 Å². The minimum Gasteiger partial charge on any atom is -0.360 e. The highest BCUT2D eigenvalue weighted by Crippen LogP contribution is 2.15. The van der Waals surface area contributed by atoms with Crippen LogP contribution in [0.5, 0.6) is 0 Å². The quantitative estimate of drug-likeness (QED) is 0.285. The van der Waals surface area contributed by atoms with Gasteiger partial charge in [-0.3, -0.25) is 23.1 Å². The van der Waals surface area contributed by atoms with Crippen LogP contribution >= 0.6 is 11.3 Å². The van der Waals surface area contributed by atoms with E-state index in [0.29, 0.717) is 11.4 Å². The smallest absolute Gasteiger partial charge is 0.270 e. The van der Waals surface area contributed by atoms with Gasteiger partial charge in [0, 0.05) is 24.1 Å². The number of nitrogens with zero attached hydrogens (tertiary/aromatic N) is 3. The fourth-order valence-corrected chi connectivity index (χ4v) is 4.00. The maximum absolute atomic E-state index is 12.7. The number of benzene rings is 1. The first-order valence-electron chi connectivity index (χ1n) is 9.59. The standard InChI is InChI=1S/C20H20N6O6S2/c1-3-26-19(29)16(33-20(26)15(10-22)18(28)23-8-7-21)11-24-13-5-4-6-14(9-13)25-17(27)12-32-34(2,30)31/h4-6,9,11,24H,3,8,12H2,1-2H3,(H,23,28)(H,25,27). The van der Waals surface area contributed by atoms with E-state index in [-0.39, 0.29) is 27.9 Å². The zero-order chi connectivity index (χ0) is 25.3. The van der Waals surface area contributed by atoms with Crippen LogP contribution in [0.2, 0.25) is 0 Å². The van der Waals surface area contributed by atoms with Crippen LogP contribution in [0.4, 0.5) is 11.4 Å². The molecule has 14 heteroatoms. The first kappa shape index (κ1) is 26.3. The number of rotatable bonds is 9. The lowest BCUT2D eigenvalue weighted by molar-refractivity contribution is -0.118. The van der Waals surface area contributed by atoms with Crippen LogP contribution in [0.3, 0.4) is 0 Å². The van der Waals surface area contributed by atoms with E-state index >= 15 is 0 Å². The molecule has 1 aromatic carbocycles. The number of thiazole rings is 1. The van der Waals surface area contributed by atoms with Crippen molar-refractivity contribution in [2.45, 2.75) is 13.5 Å². The molecule has 0 bridgehead atoms. The van der Waals surface area contributed by atoms with Crippen LogP contribution < -0.4 is 30.7 Å². The van der Waals surface area contributed by atoms with Crippen molar-refractivity contribution < 1.29 is 22.2 Å². The summed E-state index contributed by atoms with van der Waals surface area (Å²) in [4.78, 5) is 36.8. The summed E-state index contributed by atoms with van der Waals surface area (Å²) in [5.74, 6) is -1.43. The van der Waals surface area contributed by atoms with Gasteiger partial charge in [0.1, 0.15) is 28.4 Å². The van der Waals surface area contributed by atoms with Crippen molar-refractivity contribution >= 4 is 56.4 Å². The zero-order valence-corrected chi connectivity index (χ0v) is 19.7. The summed E-state index contributed by atoms with van der Waals surface area (Å²) in [6.07, 6.45) is 2.23. The fourth-order valence-electron chi connectivity index (χ4n) is 2.59. The van der Waals surface area contributed by atoms with Crippen molar-refractivity contribution in [3.05, 3.63) is 43.8 Å². The van der Waals surface area contributed by atoms with Gasteiger partial charge in [-0.15, -0.1) is 11.3 Å². The molecule has 3 N–H and O–H groups in total. The normalized spacial score (nSPS) is 12.3. The minimum atomic E-state index is -3.75. The van der Waals surface area contributed by atoms with E-state index in [4.69, 9.17) is 5.26 Å². The number of anilines is 2. The highest BCUT2D eigenvalue weighted by molar-refractivity contribution is 7.86. The van der Waals surface area contributed by atoms with Crippen LogP contribution in [-0.2, 0) is 30.4 Å². The van der Waals surface area contributed by atoms with Gasteiger partial charge in [0.25, 0.3) is 27.5 Å². The van der Waals surface area contributed by atoms with Crippen LogP contribution in [0, 0.1) is 22.7 Å². The second-order valence-electron chi connectivity index (χ2n) is 6.53. The van der Waals surface area contributed by atoms with Crippen molar-refractivity contribution in [2.75, 3.05) is 30.0 Å². The second kappa shape index (κ2) is 11.8. The molecule has 0 aliphatic rings. The molecule has 2 rings (SSSR count). The van der Waals surface area contributed by atoms with E-state index < -0.39 is 34.1 Å². The van der Waals surface area contributed by atoms with Gasteiger partial charge >= 0.3 is 0 Å². The maximum atomic E-state index is 12.7. The number of hydrogen-bond donors (Lipinski definition) is 3. The summed E-state index contributed by atoms with van der Waals surface area (Å²) >= 11 is 0.934. The molecule has 0 aliphatic heterocycles. The summed E-state index contributed by atoms with van der Waals surface area (Å²) in [6, 6.07) is 9.93. The Bertz CT molecular complexity index is 1460. The molecular weight excluding hydrogens is 484 g/mol. The van der Waals surface area contributed by atoms with Gasteiger partial charge in [0.15, 0.2) is 5.57 Å². The molecule has 12 nitrogen and oxygen atoms in total. The third-order valence-electron chi connectivity index (χ3n) is 4.03. The molecule has 0 unspecified atom stereocenters. The molecule has 0 fully saturated rings. The monoisotopic (exact) mass is 504 g/mol. The van der Waals surface area contributed by atoms with Crippen molar-refractivity contribution in [3.8, 4) is 12.1 Å². The number of carbonyl (C=O) groups is 2. The van der Waals surface area contributed by atoms with E-state index in [1.54, 1.807) is 43.3 Å². The number of nitrogens with one attached hydrogen (secondary N) is 3. The number of amides is 2. The van der Waals surface area contributed by atoms with Crippen molar-refractivity contribution in [1.29, 1.82) is 10.5 Å². The molecule has 1 heterocycles. The van der Waals surface area contributed by atoms with Gasteiger partial charge in [-0.25, -0.2) is 0 Å². The molecule has 1 aromatic heterocycles. The Morgan fingerprint density at radius 2 is 1.97 bits per heavy atom. The lowest BCUT2D eigenvalue weighted by Crippen LogP contribution is -2.34. The number of aromatic nitrogens is 1. The average Bonchev–Trinajstić information content (AvgIpc) is 3.10. The van der Waals surface area contributed by atoms with E-state index in [0.717, 1.165) is 17.6 Å². The van der Waals surface area contributed by atoms with Crippen LogP contribution in [0.25, 0.3) is 11.8 Å². The summed E-state index contributed by atoms with van der Waals surface area (Å²) in [6.45, 7) is 0.958. The summed E-state index contributed by atoms with van der Waals surface area (Å²) in [5.41, 5.74) is 0.154. The summed E-state index contributed by atoms with van der Waals surface area (Å²) in [5, 5.41) is 25.7. The van der Waals surface area contributed by atoms with Gasteiger partial charge in [0.2, 0.25) is 0 Å². The third kappa shape index (κ3) is 7.28. The fraction of sp³-hybridized carbons (Fsp3) is 0.250. The zero-order valence-electron chi connectivity index (χ0n) is 18.1. The summed E-state index contributed by atoms with van der Waals surface area (Å²) < 4.78 is 28.1. The maximum Gasteiger partial charge on any atom is 0.270 e. The number of carbonyl (C=O) groups excluding carboxylic acids is 2. The van der Waals surface area contributed by atoms with Crippen molar-refractivity contribution in [1.82, 2.24) is 9.88 Å². The molecule has 2 aromatic rings. The molecule has 34 heavy (non-hydrogen) atoms. The second-order valence-corrected chi connectivity index (χ2v) is 9.21. The van der Waals surface area contributed by atoms with Gasteiger partial charge in [-0.1, -0.05) is 6.07 Å². The highest BCUT2D eigenvalue weighted by atomic mass is 32.2. The SMILES string of the molecule is CCn1c(=C(C#N)C(=O)NCC#N)sc(=CNc2cccc(NC(=O)COS(C)(=O)=O)c2)c1=O. The molecule has 0 spiro atoms. The molecule has 0 saturated carbocycles. The third-order valence-corrected chi connectivity index (χ3v) is 5.70. The van der Waals surface area contributed by atoms with Crippen LogP contribution in [0.1, 0.15) is 6.92 Å². The number of hydrogen-bond acceptors (Lipinski definition) is 10. The Hall–Kier alpha value is -3.98. The minimum absolute atomic E-state index is 0.158. The molecule has 178 valence electrons. The Balaban J connectivity index is 2.32. The first-order valence-corrected chi connectivity index (χ1v) is 12.2. The molecule has 0 saturated heterocycles. The average molecular weight is 505 g/mol. The van der Waals surface area contributed by atoms with Crippen LogP contribution in [-0.4, -0.2) is 44.2 Å². The predicted molar refractivity (Wildman–Crippen MR) is 125 cm³/mol. The lowest BCUT2D eigenvalue weighted by Gasteiger charge is -2.07. The first-order chi connectivity index (χ1) is 16.1. The molecule has 0 aliphatic carbocycles. The van der Waals surface area contributed by atoms with Gasteiger partial charge in [0.05, 0.1) is 12.3 Å². The van der Waals surface area contributed by atoms with Gasteiger partial charge in [-0.2, -0.15) is 18.9 Å². The Kier molecular flexibility index (Phi) is 9.09. The molecule has 2 amide bonds. The highest BCUT2D eigenvalue weighted by Gasteiger charge is 2.15. The molecular formula is C20H20N6O6S2. The van der Waals surface area contributed by atoms with Gasteiger partial charge < -0.3 is 16.0 Å². The molecule has 0 atom stereocenters. The van der Waals surface area contributed by atoms with Crippen molar-refractivity contribution in [2.24, 2.45) is 0 Å². The van der Waals surface area contributed by atoms with Crippen molar-refractivity contribution in [3.63, 3.8) is 0 Å². The van der Waals surface area contributed by atoms with E-state index in [1.807, 2.05) is 0 Å². The van der Waals surface area contributed by atoms with Crippen LogP contribution in [0.15, 0.2) is 29.1 Å². The Morgan fingerprint density at radius 1 is 1.26 bits per heavy atom. The Morgan fingerprint density at radius 3 is 2.59 bits per heavy atom. The van der Waals surface area contributed by atoms with E-state index in [1.165, 1.54) is 10.8 Å². The topological polar surface area (TPSA) is 183 Å². The van der Waals surface area contributed by atoms with E-state index in [9.17, 15) is 28.1 Å². The largest absolute Gasteiger partial charge is 0.360 e. The Labute approximate surface area is 198 Å². The number of nitriles is 2. The lowest BCUT2D eigenvalue weighted by atomic mass is 10.2. The molecule has 0 radical (unpaired) electrons. The summed E-state index contributed by atoms with van der Waals surface area (Å²) in [7, 11) is -3.75.